The van der Waals surface area contributed by atoms with E-state index in [1.165, 1.54) is 0 Å². The van der Waals surface area contributed by atoms with E-state index in [-0.39, 0.29) is 17.7 Å². The highest BCUT2D eigenvalue weighted by Crippen LogP contribution is 2.28. The lowest BCUT2D eigenvalue weighted by Gasteiger charge is -2.10. The van der Waals surface area contributed by atoms with Gasteiger partial charge in [-0.05, 0) is 37.6 Å². The predicted molar refractivity (Wildman–Crippen MR) is 76.1 cm³/mol. The van der Waals surface area contributed by atoms with Gasteiger partial charge in [-0.1, -0.05) is 30.3 Å². The Morgan fingerprint density at radius 3 is 2.53 bits per heavy atom. The topological polar surface area (TPSA) is 49.3 Å². The van der Waals surface area contributed by atoms with Crippen LogP contribution in [0, 0.1) is 0 Å². The molecular weight excluding hydrogens is 238 g/mol. The molecule has 0 atom stereocenters. The van der Waals surface area contributed by atoms with Crippen molar-refractivity contribution in [2.75, 3.05) is 0 Å². The van der Waals surface area contributed by atoms with Gasteiger partial charge in [0.1, 0.15) is 5.75 Å². The minimum absolute atomic E-state index is 0.0984. The maximum Gasteiger partial charge on any atom is 0.251 e. The first-order valence-electron chi connectivity index (χ1n) is 6.27. The van der Waals surface area contributed by atoms with Crippen LogP contribution in [0.3, 0.4) is 0 Å². The summed E-state index contributed by atoms with van der Waals surface area (Å²) in [6.45, 7) is 3.84. The Morgan fingerprint density at radius 2 is 1.84 bits per heavy atom. The zero-order chi connectivity index (χ0) is 13.8. The van der Waals surface area contributed by atoms with Crippen LogP contribution in [-0.2, 0) is 0 Å². The van der Waals surface area contributed by atoms with Crippen LogP contribution < -0.4 is 5.32 Å². The van der Waals surface area contributed by atoms with Gasteiger partial charge in [-0.2, -0.15) is 0 Å². The van der Waals surface area contributed by atoms with E-state index >= 15 is 0 Å². The Labute approximate surface area is 112 Å². The van der Waals surface area contributed by atoms with Gasteiger partial charge < -0.3 is 10.4 Å². The molecule has 2 aromatic rings. The average molecular weight is 255 g/mol. The van der Waals surface area contributed by atoms with Crippen LogP contribution in [0.25, 0.3) is 11.1 Å². The second kappa shape index (κ2) is 5.57. The Balaban J connectivity index is 2.35. The quantitative estimate of drug-likeness (QED) is 0.884. The van der Waals surface area contributed by atoms with Crippen molar-refractivity contribution >= 4 is 5.91 Å². The second-order valence-electron chi connectivity index (χ2n) is 4.73. The number of rotatable bonds is 3. The van der Waals surface area contributed by atoms with Gasteiger partial charge in [0, 0.05) is 17.2 Å². The fraction of sp³-hybridized carbons (Fsp3) is 0.188. The monoisotopic (exact) mass is 255 g/mol. The summed E-state index contributed by atoms with van der Waals surface area (Å²) in [5.74, 6) is 0.108. The summed E-state index contributed by atoms with van der Waals surface area (Å²) in [7, 11) is 0. The molecule has 0 aliphatic carbocycles. The first-order valence-corrected chi connectivity index (χ1v) is 6.27. The molecule has 0 unspecified atom stereocenters. The molecule has 0 aliphatic rings. The maximum atomic E-state index is 11.9. The molecule has 3 heteroatoms. The third-order valence-corrected chi connectivity index (χ3v) is 2.76. The Hall–Kier alpha value is -2.29. The molecule has 0 fully saturated rings. The number of amides is 1. The molecule has 19 heavy (non-hydrogen) atoms. The molecule has 0 radical (unpaired) electrons. The lowest BCUT2D eigenvalue weighted by atomic mass is 10.0. The number of hydrogen-bond donors (Lipinski definition) is 2. The highest BCUT2D eigenvalue weighted by atomic mass is 16.3. The summed E-state index contributed by atoms with van der Waals surface area (Å²) in [6.07, 6.45) is 0. The summed E-state index contributed by atoms with van der Waals surface area (Å²) in [6, 6.07) is 14.4. The van der Waals surface area contributed by atoms with Crippen LogP contribution in [0.2, 0.25) is 0 Å². The molecule has 2 rings (SSSR count). The molecule has 3 nitrogen and oxygen atoms in total. The summed E-state index contributed by atoms with van der Waals surface area (Å²) < 4.78 is 0. The number of aromatic hydroxyl groups is 1. The lowest BCUT2D eigenvalue weighted by Crippen LogP contribution is -2.30. The van der Waals surface area contributed by atoms with Gasteiger partial charge in [-0.15, -0.1) is 0 Å². The number of nitrogens with one attached hydrogen (secondary N) is 1. The minimum Gasteiger partial charge on any atom is -0.507 e. The summed E-state index contributed by atoms with van der Waals surface area (Å²) >= 11 is 0. The van der Waals surface area contributed by atoms with Crippen molar-refractivity contribution in [3.8, 4) is 16.9 Å². The number of phenolic OH excluding ortho intramolecular Hbond substituents is 1. The van der Waals surface area contributed by atoms with E-state index in [0.717, 1.165) is 11.1 Å². The third-order valence-electron chi connectivity index (χ3n) is 2.76. The van der Waals surface area contributed by atoms with Crippen LogP contribution in [-0.4, -0.2) is 17.1 Å². The number of hydrogen-bond acceptors (Lipinski definition) is 2. The van der Waals surface area contributed by atoms with E-state index in [2.05, 4.69) is 5.32 Å². The highest BCUT2D eigenvalue weighted by Gasteiger charge is 2.09. The van der Waals surface area contributed by atoms with Gasteiger partial charge in [-0.25, -0.2) is 0 Å². The molecule has 0 spiro atoms. The van der Waals surface area contributed by atoms with Gasteiger partial charge >= 0.3 is 0 Å². The van der Waals surface area contributed by atoms with Crippen LogP contribution in [0.1, 0.15) is 24.2 Å². The summed E-state index contributed by atoms with van der Waals surface area (Å²) in [5.41, 5.74) is 2.14. The first kappa shape index (κ1) is 13.1. The van der Waals surface area contributed by atoms with Gasteiger partial charge in [0.05, 0.1) is 0 Å². The largest absolute Gasteiger partial charge is 0.507 e. The zero-order valence-corrected chi connectivity index (χ0v) is 11.1. The molecule has 0 heterocycles. The van der Waals surface area contributed by atoms with Crippen LogP contribution >= 0.6 is 0 Å². The van der Waals surface area contributed by atoms with Gasteiger partial charge in [0.25, 0.3) is 5.91 Å². The summed E-state index contributed by atoms with van der Waals surface area (Å²) in [4.78, 5) is 11.9. The molecule has 0 aromatic heterocycles. The molecule has 0 bridgehead atoms. The predicted octanol–water partition coefficient (Wildman–Crippen LogP) is 3.20. The smallest absolute Gasteiger partial charge is 0.251 e. The highest BCUT2D eigenvalue weighted by molar-refractivity contribution is 5.95. The second-order valence-corrected chi connectivity index (χ2v) is 4.73. The number of phenols is 1. The number of para-hydroxylation sites is 1. The number of carbonyl (C=O) groups is 1. The Bertz CT molecular complexity index is 591. The minimum atomic E-state index is -0.104. The number of benzene rings is 2. The first-order chi connectivity index (χ1) is 9.08. The van der Waals surface area contributed by atoms with Crippen molar-refractivity contribution in [1.29, 1.82) is 0 Å². The summed E-state index contributed by atoms with van der Waals surface area (Å²) in [5, 5.41) is 12.7. The van der Waals surface area contributed by atoms with Crippen molar-refractivity contribution in [3.05, 3.63) is 54.1 Å². The van der Waals surface area contributed by atoms with E-state index in [1.807, 2.05) is 38.1 Å². The van der Waals surface area contributed by atoms with Gasteiger partial charge in [-0.3, -0.25) is 4.79 Å². The lowest BCUT2D eigenvalue weighted by molar-refractivity contribution is 0.0943. The van der Waals surface area contributed by atoms with E-state index in [1.54, 1.807) is 24.3 Å². The van der Waals surface area contributed by atoms with Crippen LogP contribution in [0.15, 0.2) is 48.5 Å². The molecule has 2 N–H and O–H groups in total. The average Bonchev–Trinajstić information content (AvgIpc) is 2.38. The van der Waals surface area contributed by atoms with E-state index < -0.39 is 0 Å². The molecule has 1 amide bonds. The molecule has 0 aliphatic heterocycles. The Morgan fingerprint density at radius 1 is 1.11 bits per heavy atom. The van der Waals surface area contributed by atoms with Crippen molar-refractivity contribution in [2.24, 2.45) is 0 Å². The molecule has 0 saturated carbocycles. The maximum absolute atomic E-state index is 11.9. The normalized spacial score (nSPS) is 10.5. The molecule has 2 aromatic carbocycles. The fourth-order valence-electron chi connectivity index (χ4n) is 1.89. The van der Waals surface area contributed by atoms with E-state index in [0.29, 0.717) is 5.56 Å². The van der Waals surface area contributed by atoms with Crippen molar-refractivity contribution in [1.82, 2.24) is 5.32 Å². The number of carbonyl (C=O) groups excluding carboxylic acids is 1. The van der Waals surface area contributed by atoms with Crippen molar-refractivity contribution < 1.29 is 9.90 Å². The standard InChI is InChI=1S/C16H17NO2/c1-11(2)17-16(19)13-7-5-6-12(10-13)14-8-3-4-9-15(14)18/h3-11,18H,1-2H3,(H,17,19). The van der Waals surface area contributed by atoms with Gasteiger partial charge in [0.15, 0.2) is 0 Å². The fourth-order valence-corrected chi connectivity index (χ4v) is 1.89. The molecule has 98 valence electrons. The van der Waals surface area contributed by atoms with Crippen molar-refractivity contribution in [2.45, 2.75) is 19.9 Å². The van der Waals surface area contributed by atoms with Gasteiger partial charge in [0.2, 0.25) is 0 Å². The van der Waals surface area contributed by atoms with Crippen LogP contribution in [0.5, 0.6) is 5.75 Å². The van der Waals surface area contributed by atoms with E-state index in [9.17, 15) is 9.90 Å². The molecular formula is C16H17NO2. The SMILES string of the molecule is CC(C)NC(=O)c1cccc(-c2ccccc2O)c1. The third kappa shape index (κ3) is 3.13. The zero-order valence-electron chi connectivity index (χ0n) is 11.1. The van der Waals surface area contributed by atoms with Crippen molar-refractivity contribution in [3.63, 3.8) is 0 Å². The van der Waals surface area contributed by atoms with E-state index in [4.69, 9.17) is 0 Å². The molecule has 0 saturated heterocycles. The van der Waals surface area contributed by atoms with Crippen LogP contribution in [0.4, 0.5) is 0 Å². The Kier molecular flexibility index (Phi) is 3.85.